The minimum atomic E-state index is -4.06. The number of sulfonamides is 1. The minimum Gasteiger partial charge on any atom is -0.489 e. The largest absolute Gasteiger partial charge is 0.489 e. The number of anilines is 1. The molecule has 0 atom stereocenters. The maximum atomic E-state index is 13.5. The zero-order chi connectivity index (χ0) is 29.1. The van der Waals surface area contributed by atoms with Gasteiger partial charge in [-0.25, -0.2) is 13.8 Å². The normalized spacial score (nSPS) is 11.4. The van der Waals surface area contributed by atoms with E-state index in [1.165, 1.54) is 37.4 Å². The summed E-state index contributed by atoms with van der Waals surface area (Å²) in [5.41, 5.74) is 5.34. The fraction of sp³-hybridized carbons (Fsp3) is 0.129. The first-order valence-electron chi connectivity index (χ1n) is 12.8. The Morgan fingerprint density at radius 1 is 0.854 bits per heavy atom. The number of carbonyl (C=O) groups is 2. The Kier molecular flexibility index (Phi) is 9.98. The quantitative estimate of drug-likeness (QED) is 0.191. The van der Waals surface area contributed by atoms with Crippen LogP contribution in [0.25, 0.3) is 0 Å². The topological polar surface area (TPSA) is 117 Å². The highest BCUT2D eigenvalue weighted by atomic mass is 32.2. The van der Waals surface area contributed by atoms with Gasteiger partial charge < -0.3 is 10.1 Å². The van der Waals surface area contributed by atoms with Gasteiger partial charge in [0.15, 0.2) is 0 Å². The Bertz CT molecular complexity index is 1590. The summed E-state index contributed by atoms with van der Waals surface area (Å²) in [5, 5.41) is 6.62. The van der Waals surface area contributed by atoms with Gasteiger partial charge in [-0.1, -0.05) is 72.8 Å². The van der Waals surface area contributed by atoms with Crippen LogP contribution in [0.5, 0.6) is 5.75 Å². The Morgan fingerprint density at radius 3 is 2.17 bits per heavy atom. The zero-order valence-corrected chi connectivity index (χ0v) is 23.3. The lowest BCUT2D eigenvalue weighted by Crippen LogP contribution is -2.39. The van der Waals surface area contributed by atoms with Crippen molar-refractivity contribution in [2.24, 2.45) is 5.10 Å². The highest BCUT2D eigenvalue weighted by Crippen LogP contribution is 2.21. The maximum Gasteiger partial charge on any atom is 0.255 e. The molecule has 0 aromatic heterocycles. The third kappa shape index (κ3) is 8.85. The lowest BCUT2D eigenvalue weighted by Gasteiger charge is -2.21. The van der Waals surface area contributed by atoms with Gasteiger partial charge in [-0.05, 0) is 53.1 Å². The molecule has 2 N–H and O–H groups in total. The van der Waals surface area contributed by atoms with Crippen LogP contribution in [-0.2, 0) is 32.8 Å². The molecular weight excluding hydrogens is 540 g/mol. The molecule has 4 aromatic rings. The number of carbonyl (C=O) groups excluding carboxylic acids is 2. The summed E-state index contributed by atoms with van der Waals surface area (Å²) in [6.07, 6.45) is 1.46. The van der Waals surface area contributed by atoms with E-state index in [0.717, 1.165) is 15.4 Å². The lowest BCUT2D eigenvalue weighted by molar-refractivity contribution is -0.121. The number of amides is 2. The van der Waals surface area contributed by atoms with Crippen LogP contribution >= 0.6 is 0 Å². The van der Waals surface area contributed by atoms with Crippen LogP contribution in [0.2, 0.25) is 0 Å². The van der Waals surface area contributed by atoms with E-state index in [2.05, 4.69) is 15.8 Å². The summed E-state index contributed by atoms with van der Waals surface area (Å²) in [6, 6.07) is 31.8. The van der Waals surface area contributed by atoms with E-state index in [1.54, 1.807) is 30.3 Å². The summed E-state index contributed by atoms with van der Waals surface area (Å²) in [4.78, 5) is 24.1. The summed E-state index contributed by atoms with van der Waals surface area (Å²) in [5.74, 6) is -0.226. The Morgan fingerprint density at radius 2 is 1.51 bits per heavy atom. The van der Waals surface area contributed by atoms with E-state index in [1.807, 2.05) is 54.6 Å². The van der Waals surface area contributed by atoms with E-state index < -0.39 is 22.5 Å². The molecular formula is C31H30N4O5S. The summed E-state index contributed by atoms with van der Waals surface area (Å²) in [7, 11) is -4.06. The molecule has 0 aliphatic carbocycles. The molecule has 4 aromatic carbocycles. The van der Waals surface area contributed by atoms with Gasteiger partial charge in [-0.3, -0.25) is 9.59 Å². The first-order valence-corrected chi connectivity index (χ1v) is 14.2. The first kappa shape index (κ1) is 29.2. The number of hydrogen-bond acceptors (Lipinski definition) is 6. The van der Waals surface area contributed by atoms with Crippen molar-refractivity contribution >= 4 is 33.7 Å². The number of nitrogens with zero attached hydrogens (tertiary/aromatic N) is 2. The number of hydrogen-bond donors (Lipinski definition) is 2. The van der Waals surface area contributed by atoms with Crippen molar-refractivity contribution in [3.05, 3.63) is 126 Å². The second-order valence-corrected chi connectivity index (χ2v) is 11.0. The smallest absolute Gasteiger partial charge is 0.255 e. The van der Waals surface area contributed by atoms with E-state index in [0.29, 0.717) is 23.6 Å². The molecule has 9 nitrogen and oxygen atoms in total. The van der Waals surface area contributed by atoms with Crippen molar-refractivity contribution in [3.63, 3.8) is 0 Å². The van der Waals surface area contributed by atoms with Crippen molar-refractivity contribution in [1.82, 2.24) is 9.73 Å². The minimum absolute atomic E-state index is 0.00819. The third-order valence-corrected chi connectivity index (χ3v) is 7.65. The molecule has 10 heteroatoms. The van der Waals surface area contributed by atoms with Crippen LogP contribution in [0.1, 0.15) is 23.6 Å². The maximum absolute atomic E-state index is 13.5. The van der Waals surface area contributed by atoms with Crippen LogP contribution in [0.3, 0.4) is 0 Å². The Hall–Kier alpha value is -4.80. The lowest BCUT2D eigenvalue weighted by atomic mass is 10.2. The fourth-order valence-corrected chi connectivity index (χ4v) is 5.26. The number of ether oxygens (including phenoxy) is 1. The molecule has 210 valence electrons. The first-order chi connectivity index (χ1) is 19.8. The second kappa shape index (κ2) is 14.0. The number of nitrogens with one attached hydrogen (secondary N) is 2. The molecule has 2 amide bonds. The summed E-state index contributed by atoms with van der Waals surface area (Å²) in [6.45, 7) is 1.31. The zero-order valence-electron chi connectivity index (χ0n) is 22.4. The SMILES string of the molecule is CC(=O)Nc1ccc(S(=O)(=O)N(CC(=O)N/N=C\c2cccc(OCc3ccccc3)c2)Cc2ccccc2)cc1. The van der Waals surface area contributed by atoms with Gasteiger partial charge >= 0.3 is 0 Å². The van der Waals surface area contributed by atoms with Gasteiger partial charge in [0.2, 0.25) is 15.9 Å². The van der Waals surface area contributed by atoms with Gasteiger partial charge in [0.25, 0.3) is 5.91 Å². The monoisotopic (exact) mass is 570 g/mol. The summed E-state index contributed by atoms with van der Waals surface area (Å²) >= 11 is 0. The highest BCUT2D eigenvalue weighted by molar-refractivity contribution is 7.89. The van der Waals surface area contributed by atoms with E-state index in [4.69, 9.17) is 4.74 Å². The molecule has 4 rings (SSSR count). The highest BCUT2D eigenvalue weighted by Gasteiger charge is 2.27. The molecule has 0 saturated carbocycles. The standard InChI is InChI=1S/C31H30N4O5S/c1-24(36)33-28-15-17-30(18-16-28)41(38,39)35(21-25-9-4-2-5-10-25)22-31(37)34-32-20-27-13-8-14-29(19-27)40-23-26-11-6-3-7-12-26/h2-20H,21-23H2,1H3,(H,33,36)(H,34,37)/b32-20-. The van der Waals surface area contributed by atoms with Gasteiger partial charge in [-0.15, -0.1) is 0 Å². The van der Waals surface area contributed by atoms with Crippen molar-refractivity contribution in [1.29, 1.82) is 0 Å². The van der Waals surface area contributed by atoms with Gasteiger partial charge in [0, 0.05) is 19.2 Å². The molecule has 0 fully saturated rings. The Balaban J connectivity index is 1.42. The van der Waals surface area contributed by atoms with Gasteiger partial charge in [0.05, 0.1) is 17.7 Å². The van der Waals surface area contributed by atoms with Crippen molar-refractivity contribution < 1.29 is 22.7 Å². The molecule has 0 aliphatic heterocycles. The molecule has 0 aliphatic rings. The second-order valence-electron chi connectivity index (χ2n) is 9.10. The predicted octanol–water partition coefficient (Wildman–Crippen LogP) is 4.57. The average Bonchev–Trinajstić information content (AvgIpc) is 2.97. The van der Waals surface area contributed by atoms with E-state index in [-0.39, 0.29) is 17.3 Å². The number of rotatable bonds is 12. The van der Waals surface area contributed by atoms with Crippen LogP contribution in [-0.4, -0.2) is 37.3 Å². The average molecular weight is 571 g/mol. The van der Waals surface area contributed by atoms with Gasteiger partial charge in [0.1, 0.15) is 12.4 Å². The van der Waals surface area contributed by atoms with Crippen molar-refractivity contribution in [3.8, 4) is 5.75 Å². The van der Waals surface area contributed by atoms with Crippen LogP contribution in [0.4, 0.5) is 5.69 Å². The van der Waals surface area contributed by atoms with E-state index in [9.17, 15) is 18.0 Å². The van der Waals surface area contributed by atoms with Gasteiger partial charge in [-0.2, -0.15) is 9.41 Å². The van der Waals surface area contributed by atoms with Crippen molar-refractivity contribution in [2.45, 2.75) is 25.0 Å². The molecule has 0 bridgehead atoms. The molecule has 0 heterocycles. The fourth-order valence-electron chi connectivity index (χ4n) is 3.88. The number of benzene rings is 4. The van der Waals surface area contributed by atoms with E-state index >= 15 is 0 Å². The van der Waals surface area contributed by atoms with Crippen molar-refractivity contribution in [2.75, 3.05) is 11.9 Å². The molecule has 0 saturated heterocycles. The van der Waals surface area contributed by atoms with Crippen LogP contribution < -0.4 is 15.5 Å². The molecule has 0 unspecified atom stereocenters. The molecule has 0 spiro atoms. The number of hydrazone groups is 1. The van der Waals surface area contributed by atoms with Crippen LogP contribution in [0, 0.1) is 0 Å². The molecule has 0 radical (unpaired) electrons. The van der Waals surface area contributed by atoms with Crippen LogP contribution in [0.15, 0.2) is 119 Å². The molecule has 41 heavy (non-hydrogen) atoms. The summed E-state index contributed by atoms with van der Waals surface area (Å²) < 4.78 is 33.9. The Labute approximate surface area is 239 Å². The predicted molar refractivity (Wildman–Crippen MR) is 158 cm³/mol. The third-order valence-electron chi connectivity index (χ3n) is 5.84.